The van der Waals surface area contributed by atoms with E-state index < -0.39 is 0 Å². The molecule has 126 valence electrons. The van der Waals surface area contributed by atoms with Crippen LogP contribution in [-0.2, 0) is 4.79 Å². The Hall–Kier alpha value is -3.12. The average Bonchev–Trinajstić information content (AvgIpc) is 2.56. The molecule has 0 aliphatic carbocycles. The molecule has 1 heterocycles. The topological polar surface area (TPSA) is 92.9 Å². The summed E-state index contributed by atoms with van der Waals surface area (Å²) in [4.78, 5) is 19.7. The molecular weight excluding hydrogens is 338 g/mol. The van der Waals surface area contributed by atoms with Crippen molar-refractivity contribution >= 4 is 40.6 Å². The Bertz CT molecular complexity index is 929. The Morgan fingerprint density at radius 1 is 1.08 bits per heavy atom. The molecule has 0 radical (unpaired) electrons. The number of nitrogen functional groups attached to an aromatic ring is 1. The van der Waals surface area contributed by atoms with Crippen LogP contribution in [-0.4, -0.2) is 15.9 Å². The summed E-state index contributed by atoms with van der Waals surface area (Å²) in [5.74, 6) is 0.540. The van der Waals surface area contributed by atoms with Crippen LogP contribution in [0.4, 0.5) is 23.1 Å². The van der Waals surface area contributed by atoms with E-state index in [9.17, 15) is 4.79 Å². The number of halogens is 1. The maximum atomic E-state index is 11.1. The highest BCUT2D eigenvalue weighted by Crippen LogP contribution is 2.31. The van der Waals surface area contributed by atoms with E-state index in [-0.39, 0.29) is 5.91 Å². The van der Waals surface area contributed by atoms with Crippen molar-refractivity contribution in [3.05, 3.63) is 59.8 Å². The first-order chi connectivity index (χ1) is 12.0. The minimum atomic E-state index is -0.137. The first-order valence-electron chi connectivity index (χ1n) is 7.55. The first-order valence-corrected chi connectivity index (χ1v) is 7.93. The Balaban J connectivity index is 1.84. The van der Waals surface area contributed by atoms with E-state index in [0.717, 1.165) is 11.3 Å². The van der Waals surface area contributed by atoms with Gasteiger partial charge in [0.2, 0.25) is 11.9 Å². The van der Waals surface area contributed by atoms with Crippen molar-refractivity contribution in [3.63, 3.8) is 0 Å². The fourth-order valence-electron chi connectivity index (χ4n) is 2.35. The molecule has 0 aliphatic rings. The summed E-state index contributed by atoms with van der Waals surface area (Å²) < 4.78 is 0. The van der Waals surface area contributed by atoms with E-state index in [1.54, 1.807) is 24.4 Å². The largest absolute Gasteiger partial charge is 0.383 e. The Kier molecular flexibility index (Phi) is 4.81. The van der Waals surface area contributed by atoms with Crippen LogP contribution in [0.2, 0.25) is 5.02 Å². The molecule has 4 N–H and O–H groups in total. The van der Waals surface area contributed by atoms with Gasteiger partial charge in [-0.3, -0.25) is 4.79 Å². The molecule has 0 saturated heterocycles. The maximum absolute atomic E-state index is 11.1. The molecule has 1 aromatic heterocycles. The van der Waals surface area contributed by atoms with Gasteiger partial charge in [0.25, 0.3) is 0 Å². The lowest BCUT2D eigenvalue weighted by Crippen LogP contribution is -2.06. The zero-order chi connectivity index (χ0) is 17.8. The third-order valence-electron chi connectivity index (χ3n) is 3.42. The molecule has 0 bridgehead atoms. The summed E-state index contributed by atoms with van der Waals surface area (Å²) in [5.41, 5.74) is 8.92. The summed E-state index contributed by atoms with van der Waals surface area (Å²) in [7, 11) is 0. The van der Waals surface area contributed by atoms with Gasteiger partial charge in [0.1, 0.15) is 5.82 Å². The van der Waals surface area contributed by atoms with Gasteiger partial charge in [0.05, 0.1) is 0 Å². The number of benzene rings is 2. The molecule has 0 saturated carbocycles. The molecule has 1 amide bonds. The van der Waals surface area contributed by atoms with Crippen LogP contribution in [0.15, 0.2) is 54.7 Å². The number of nitrogens with zero attached hydrogens (tertiary/aromatic N) is 2. The summed E-state index contributed by atoms with van der Waals surface area (Å²) in [5, 5.41) is 6.37. The molecule has 7 heteroatoms. The molecule has 0 atom stereocenters. The van der Waals surface area contributed by atoms with Gasteiger partial charge in [-0.2, -0.15) is 4.98 Å². The van der Waals surface area contributed by atoms with Crippen molar-refractivity contribution in [2.24, 2.45) is 0 Å². The van der Waals surface area contributed by atoms with Gasteiger partial charge in [-0.05, 0) is 24.3 Å². The average molecular weight is 354 g/mol. The fourth-order valence-corrected chi connectivity index (χ4v) is 2.59. The third kappa shape index (κ3) is 4.05. The Morgan fingerprint density at radius 2 is 1.84 bits per heavy atom. The second-order valence-corrected chi connectivity index (χ2v) is 5.77. The van der Waals surface area contributed by atoms with Crippen molar-refractivity contribution in [2.45, 2.75) is 6.92 Å². The number of carbonyl (C=O) groups excluding carboxylic acids is 1. The van der Waals surface area contributed by atoms with Gasteiger partial charge in [-0.25, -0.2) is 4.98 Å². The number of nitrogens with two attached hydrogens (primary N) is 1. The van der Waals surface area contributed by atoms with Crippen LogP contribution in [0.25, 0.3) is 11.1 Å². The van der Waals surface area contributed by atoms with E-state index >= 15 is 0 Å². The summed E-state index contributed by atoms with van der Waals surface area (Å²) >= 11 is 6.20. The number of rotatable bonds is 4. The number of aromatic nitrogens is 2. The van der Waals surface area contributed by atoms with Crippen LogP contribution in [0.5, 0.6) is 0 Å². The summed E-state index contributed by atoms with van der Waals surface area (Å²) in [6.45, 7) is 1.46. The molecule has 25 heavy (non-hydrogen) atoms. The zero-order valence-electron chi connectivity index (χ0n) is 13.5. The lowest BCUT2D eigenvalue weighted by atomic mass is 10.1. The van der Waals surface area contributed by atoms with Crippen LogP contribution < -0.4 is 16.4 Å². The number of hydrogen-bond donors (Lipinski definition) is 3. The predicted molar refractivity (Wildman–Crippen MR) is 101 cm³/mol. The van der Waals surface area contributed by atoms with Crippen molar-refractivity contribution in [3.8, 4) is 11.1 Å². The fraction of sp³-hybridized carbons (Fsp3) is 0.0556. The minimum Gasteiger partial charge on any atom is -0.383 e. The van der Waals surface area contributed by atoms with Crippen molar-refractivity contribution in [1.82, 2.24) is 9.97 Å². The molecule has 3 rings (SSSR count). The van der Waals surface area contributed by atoms with Gasteiger partial charge in [0, 0.05) is 40.6 Å². The minimum absolute atomic E-state index is 0.137. The third-order valence-corrected chi connectivity index (χ3v) is 3.75. The highest BCUT2D eigenvalue weighted by molar-refractivity contribution is 6.33. The number of nitrogens with one attached hydrogen (secondary N) is 2. The van der Waals surface area contributed by atoms with Gasteiger partial charge < -0.3 is 16.4 Å². The normalized spacial score (nSPS) is 10.3. The lowest BCUT2D eigenvalue weighted by molar-refractivity contribution is -0.114. The van der Waals surface area contributed by atoms with E-state index in [4.69, 9.17) is 17.3 Å². The highest BCUT2D eigenvalue weighted by atomic mass is 35.5. The SMILES string of the molecule is CC(=O)Nc1cccc(Nc2ncc(-c3ccccc3Cl)c(N)n2)c1. The van der Waals surface area contributed by atoms with Crippen LogP contribution in [0, 0.1) is 0 Å². The van der Waals surface area contributed by atoms with E-state index in [0.29, 0.717) is 28.0 Å². The Labute approximate surface area is 150 Å². The van der Waals surface area contributed by atoms with Crippen LogP contribution in [0.3, 0.4) is 0 Å². The number of amides is 1. The molecule has 6 nitrogen and oxygen atoms in total. The zero-order valence-corrected chi connectivity index (χ0v) is 14.2. The maximum Gasteiger partial charge on any atom is 0.229 e. The summed E-state index contributed by atoms with van der Waals surface area (Å²) in [6.07, 6.45) is 1.63. The van der Waals surface area contributed by atoms with E-state index in [1.165, 1.54) is 6.92 Å². The predicted octanol–water partition coefficient (Wildman–Crippen LogP) is 4.08. The molecule has 2 aromatic carbocycles. The first kappa shape index (κ1) is 16.7. The molecule has 0 unspecified atom stereocenters. The highest BCUT2D eigenvalue weighted by Gasteiger charge is 2.10. The van der Waals surface area contributed by atoms with E-state index in [1.807, 2.05) is 30.3 Å². The lowest BCUT2D eigenvalue weighted by Gasteiger charge is -2.10. The molecule has 0 fully saturated rings. The van der Waals surface area contributed by atoms with Gasteiger partial charge in [-0.15, -0.1) is 0 Å². The molecule has 0 spiro atoms. The number of anilines is 4. The number of hydrogen-bond acceptors (Lipinski definition) is 5. The molecule has 0 aliphatic heterocycles. The second-order valence-electron chi connectivity index (χ2n) is 5.36. The molecule has 3 aromatic rings. The standard InChI is InChI=1S/C18H16ClN5O/c1-11(25)22-12-5-4-6-13(9-12)23-18-21-10-15(17(20)24-18)14-7-2-3-8-16(14)19/h2-10H,1H3,(H,22,25)(H3,20,21,23,24). The van der Waals surface area contributed by atoms with Gasteiger partial charge in [0.15, 0.2) is 0 Å². The van der Waals surface area contributed by atoms with Gasteiger partial charge in [-0.1, -0.05) is 35.9 Å². The van der Waals surface area contributed by atoms with Crippen molar-refractivity contribution in [2.75, 3.05) is 16.4 Å². The molecular formula is C18H16ClN5O. The van der Waals surface area contributed by atoms with Gasteiger partial charge >= 0.3 is 0 Å². The van der Waals surface area contributed by atoms with Crippen LogP contribution >= 0.6 is 11.6 Å². The number of carbonyl (C=O) groups is 1. The summed E-state index contributed by atoms with van der Waals surface area (Å²) in [6, 6.07) is 14.6. The van der Waals surface area contributed by atoms with Crippen LogP contribution in [0.1, 0.15) is 6.92 Å². The monoisotopic (exact) mass is 353 g/mol. The quantitative estimate of drug-likeness (QED) is 0.657. The Morgan fingerprint density at radius 3 is 2.56 bits per heavy atom. The second kappa shape index (κ2) is 7.19. The smallest absolute Gasteiger partial charge is 0.229 e. The van der Waals surface area contributed by atoms with Crippen molar-refractivity contribution < 1.29 is 4.79 Å². The van der Waals surface area contributed by atoms with Crippen molar-refractivity contribution in [1.29, 1.82) is 0 Å². The van der Waals surface area contributed by atoms with E-state index in [2.05, 4.69) is 20.6 Å².